The van der Waals surface area contributed by atoms with E-state index in [0.717, 1.165) is 22.9 Å². The van der Waals surface area contributed by atoms with Crippen molar-refractivity contribution >= 4 is 11.1 Å². The molecule has 3 heterocycles. The Morgan fingerprint density at radius 3 is 2.70 bits per heavy atom. The molecule has 0 radical (unpaired) electrons. The highest BCUT2D eigenvalue weighted by Gasteiger charge is 2.26. The van der Waals surface area contributed by atoms with Gasteiger partial charge in [-0.15, -0.1) is 0 Å². The summed E-state index contributed by atoms with van der Waals surface area (Å²) in [6, 6.07) is 6.21. The minimum Gasteiger partial charge on any atom is -0.440 e. The van der Waals surface area contributed by atoms with Crippen LogP contribution in [0.25, 0.3) is 11.1 Å². The predicted octanol–water partition coefficient (Wildman–Crippen LogP) is 3.32. The molecule has 0 bridgehead atoms. The average molecular weight is 313 g/mol. The lowest BCUT2D eigenvalue weighted by Gasteiger charge is -2.34. The SMILES string of the molecule is Cc1cccc2nc(C3CCN(CC4CCNCC4)CC3)oc12. The fourth-order valence-corrected chi connectivity index (χ4v) is 4.07. The third-order valence-electron chi connectivity index (χ3n) is 5.54. The summed E-state index contributed by atoms with van der Waals surface area (Å²) in [5, 5.41) is 3.46. The smallest absolute Gasteiger partial charge is 0.198 e. The molecule has 0 spiro atoms. The Balaban J connectivity index is 1.37. The summed E-state index contributed by atoms with van der Waals surface area (Å²) in [4.78, 5) is 7.40. The van der Waals surface area contributed by atoms with Crippen LogP contribution < -0.4 is 5.32 Å². The minimum absolute atomic E-state index is 0.492. The zero-order valence-electron chi connectivity index (χ0n) is 14.1. The van der Waals surface area contributed by atoms with Gasteiger partial charge in [-0.05, 0) is 76.3 Å². The molecule has 0 saturated carbocycles. The molecule has 4 heteroatoms. The van der Waals surface area contributed by atoms with Gasteiger partial charge >= 0.3 is 0 Å². The van der Waals surface area contributed by atoms with Crippen LogP contribution in [0.1, 0.15) is 43.1 Å². The zero-order valence-corrected chi connectivity index (χ0v) is 14.1. The number of aromatic nitrogens is 1. The minimum atomic E-state index is 0.492. The highest BCUT2D eigenvalue weighted by molar-refractivity contribution is 5.76. The summed E-state index contributed by atoms with van der Waals surface area (Å²) in [6.07, 6.45) is 5.03. The van der Waals surface area contributed by atoms with Gasteiger partial charge in [0.15, 0.2) is 11.5 Å². The Bertz CT molecular complexity index is 652. The summed E-state index contributed by atoms with van der Waals surface area (Å²) in [7, 11) is 0. The molecule has 1 aromatic heterocycles. The molecule has 0 unspecified atom stereocenters. The molecular formula is C19H27N3O. The zero-order chi connectivity index (χ0) is 15.6. The van der Waals surface area contributed by atoms with Gasteiger partial charge in [0, 0.05) is 12.5 Å². The Labute approximate surface area is 138 Å². The van der Waals surface area contributed by atoms with E-state index in [4.69, 9.17) is 9.40 Å². The summed E-state index contributed by atoms with van der Waals surface area (Å²) < 4.78 is 6.09. The van der Waals surface area contributed by atoms with Gasteiger partial charge < -0.3 is 14.6 Å². The van der Waals surface area contributed by atoms with Crippen LogP contribution in [-0.2, 0) is 0 Å². The van der Waals surface area contributed by atoms with Crippen molar-refractivity contribution in [2.45, 2.75) is 38.5 Å². The number of oxazole rings is 1. The molecule has 1 N–H and O–H groups in total. The van der Waals surface area contributed by atoms with E-state index >= 15 is 0 Å². The normalized spacial score (nSPS) is 22.0. The van der Waals surface area contributed by atoms with Gasteiger partial charge in [0.25, 0.3) is 0 Å². The first-order valence-corrected chi connectivity index (χ1v) is 9.09. The number of nitrogens with zero attached hydrogens (tertiary/aromatic N) is 2. The maximum absolute atomic E-state index is 6.09. The average Bonchev–Trinajstić information content (AvgIpc) is 3.02. The van der Waals surface area contributed by atoms with Crippen molar-refractivity contribution in [3.05, 3.63) is 29.7 Å². The van der Waals surface area contributed by atoms with Crippen LogP contribution in [0.15, 0.2) is 22.6 Å². The van der Waals surface area contributed by atoms with E-state index in [1.165, 1.54) is 64.0 Å². The Hall–Kier alpha value is -1.39. The van der Waals surface area contributed by atoms with E-state index in [2.05, 4.69) is 35.3 Å². The van der Waals surface area contributed by atoms with Crippen molar-refractivity contribution in [1.29, 1.82) is 0 Å². The molecule has 23 heavy (non-hydrogen) atoms. The second-order valence-corrected chi connectivity index (χ2v) is 7.24. The molecule has 0 atom stereocenters. The van der Waals surface area contributed by atoms with Crippen molar-refractivity contribution in [1.82, 2.24) is 15.2 Å². The highest BCUT2D eigenvalue weighted by atomic mass is 16.3. The van der Waals surface area contributed by atoms with Gasteiger partial charge in [0.1, 0.15) is 5.52 Å². The first-order valence-electron chi connectivity index (χ1n) is 9.09. The van der Waals surface area contributed by atoms with Crippen LogP contribution in [0, 0.1) is 12.8 Å². The van der Waals surface area contributed by atoms with Crippen LogP contribution in [0.5, 0.6) is 0 Å². The Morgan fingerprint density at radius 1 is 1.17 bits per heavy atom. The lowest BCUT2D eigenvalue weighted by atomic mass is 9.93. The van der Waals surface area contributed by atoms with Gasteiger partial charge in [0.2, 0.25) is 0 Å². The van der Waals surface area contributed by atoms with E-state index in [-0.39, 0.29) is 0 Å². The fraction of sp³-hybridized carbons (Fsp3) is 0.632. The van der Waals surface area contributed by atoms with E-state index in [9.17, 15) is 0 Å². The maximum atomic E-state index is 6.09. The lowest BCUT2D eigenvalue weighted by molar-refractivity contribution is 0.160. The Kier molecular flexibility index (Phi) is 4.36. The predicted molar refractivity (Wildman–Crippen MR) is 92.8 cm³/mol. The number of benzene rings is 1. The molecule has 124 valence electrons. The number of rotatable bonds is 3. The van der Waals surface area contributed by atoms with Gasteiger partial charge in [-0.3, -0.25) is 0 Å². The van der Waals surface area contributed by atoms with E-state index < -0.39 is 0 Å². The number of fused-ring (bicyclic) bond motifs is 1. The van der Waals surface area contributed by atoms with Crippen LogP contribution in [-0.4, -0.2) is 42.6 Å². The monoisotopic (exact) mass is 313 g/mol. The lowest BCUT2D eigenvalue weighted by Crippen LogP contribution is -2.39. The largest absolute Gasteiger partial charge is 0.440 e. The third-order valence-corrected chi connectivity index (χ3v) is 5.54. The quantitative estimate of drug-likeness (QED) is 0.944. The molecule has 0 amide bonds. The van der Waals surface area contributed by atoms with E-state index in [1.54, 1.807) is 0 Å². The number of aryl methyl sites for hydroxylation is 1. The molecule has 1 aromatic carbocycles. The topological polar surface area (TPSA) is 41.3 Å². The number of hydrogen-bond acceptors (Lipinski definition) is 4. The molecule has 2 aliphatic rings. The van der Waals surface area contributed by atoms with Crippen molar-refractivity contribution in [2.75, 3.05) is 32.7 Å². The van der Waals surface area contributed by atoms with Crippen LogP contribution in [0.2, 0.25) is 0 Å². The summed E-state index contributed by atoms with van der Waals surface area (Å²) >= 11 is 0. The molecule has 0 aliphatic carbocycles. The van der Waals surface area contributed by atoms with Gasteiger partial charge in [-0.25, -0.2) is 4.98 Å². The first-order chi connectivity index (χ1) is 11.3. The number of likely N-dealkylation sites (tertiary alicyclic amines) is 1. The molecule has 2 saturated heterocycles. The van der Waals surface area contributed by atoms with Crippen LogP contribution >= 0.6 is 0 Å². The summed E-state index contributed by atoms with van der Waals surface area (Å²) in [5.74, 6) is 2.33. The number of nitrogens with one attached hydrogen (secondary N) is 1. The standard InChI is InChI=1S/C19H27N3O/c1-14-3-2-4-17-18(14)23-19(21-17)16-7-11-22(12-8-16)13-15-5-9-20-10-6-15/h2-4,15-16,20H,5-13H2,1H3. The van der Waals surface area contributed by atoms with Gasteiger partial charge in [-0.2, -0.15) is 0 Å². The fourth-order valence-electron chi connectivity index (χ4n) is 4.07. The van der Waals surface area contributed by atoms with E-state index in [1.807, 2.05) is 0 Å². The van der Waals surface area contributed by atoms with Crippen LogP contribution in [0.3, 0.4) is 0 Å². The second-order valence-electron chi connectivity index (χ2n) is 7.24. The highest BCUT2D eigenvalue weighted by Crippen LogP contribution is 2.31. The molecule has 2 aliphatic heterocycles. The first kappa shape index (κ1) is 15.2. The van der Waals surface area contributed by atoms with Crippen LogP contribution in [0.4, 0.5) is 0 Å². The number of hydrogen-bond donors (Lipinski definition) is 1. The molecular weight excluding hydrogens is 286 g/mol. The van der Waals surface area contributed by atoms with Crippen molar-refractivity contribution < 1.29 is 4.42 Å². The molecule has 4 nitrogen and oxygen atoms in total. The second kappa shape index (κ2) is 6.62. The van der Waals surface area contributed by atoms with Crippen molar-refractivity contribution in [2.24, 2.45) is 5.92 Å². The molecule has 4 rings (SSSR count). The molecule has 2 aromatic rings. The summed E-state index contributed by atoms with van der Waals surface area (Å²) in [5.41, 5.74) is 3.17. The van der Waals surface area contributed by atoms with E-state index in [0.29, 0.717) is 5.92 Å². The molecule has 2 fully saturated rings. The van der Waals surface area contributed by atoms with Gasteiger partial charge in [-0.1, -0.05) is 12.1 Å². The van der Waals surface area contributed by atoms with Crippen molar-refractivity contribution in [3.63, 3.8) is 0 Å². The van der Waals surface area contributed by atoms with Gasteiger partial charge in [0.05, 0.1) is 0 Å². The third kappa shape index (κ3) is 3.29. The number of para-hydroxylation sites is 1. The van der Waals surface area contributed by atoms with Crippen molar-refractivity contribution in [3.8, 4) is 0 Å². The number of piperidine rings is 2. The summed E-state index contributed by atoms with van der Waals surface area (Å²) in [6.45, 7) is 8.14. The Morgan fingerprint density at radius 2 is 1.96 bits per heavy atom. The maximum Gasteiger partial charge on any atom is 0.198 e.